The number of primary amides is 1. The first-order valence-corrected chi connectivity index (χ1v) is 9.81. The molecule has 2 heterocycles. The van der Waals surface area contributed by atoms with Gasteiger partial charge in [0.25, 0.3) is 5.91 Å². The third-order valence-electron chi connectivity index (χ3n) is 4.50. The highest BCUT2D eigenvalue weighted by atomic mass is 16.5. The summed E-state index contributed by atoms with van der Waals surface area (Å²) in [6, 6.07) is 17.0. The highest BCUT2D eigenvalue weighted by molar-refractivity contribution is 6.02. The van der Waals surface area contributed by atoms with E-state index in [0.717, 1.165) is 17.0 Å². The summed E-state index contributed by atoms with van der Waals surface area (Å²) < 4.78 is 7.34. The van der Waals surface area contributed by atoms with E-state index in [-0.39, 0.29) is 5.69 Å². The standard InChI is InChI=1S/C22H23N7O2/c1-4-31-16-12-10-14(11-13-16)20-24-17(19(23)30)18-21(26-20)29(15-8-6-5-7-9-15)22(25-18)27-28(2)3/h5-13H,4H2,1-3H3,(H2,23,30)(H,25,27). The van der Waals surface area contributed by atoms with Crippen LogP contribution < -0.4 is 15.9 Å². The number of nitrogens with one attached hydrogen (secondary N) is 1. The number of hydrogen-bond donors (Lipinski definition) is 2. The fourth-order valence-electron chi connectivity index (χ4n) is 3.22. The zero-order valence-corrected chi connectivity index (χ0v) is 17.5. The molecular formula is C22H23N7O2. The van der Waals surface area contributed by atoms with Gasteiger partial charge in [0.1, 0.15) is 11.3 Å². The van der Waals surface area contributed by atoms with Crippen LogP contribution >= 0.6 is 0 Å². The van der Waals surface area contributed by atoms with Crippen molar-refractivity contribution in [1.82, 2.24) is 24.5 Å². The van der Waals surface area contributed by atoms with Crippen molar-refractivity contribution in [2.75, 3.05) is 26.1 Å². The van der Waals surface area contributed by atoms with E-state index in [1.165, 1.54) is 0 Å². The van der Waals surface area contributed by atoms with Crippen LogP contribution in [0.2, 0.25) is 0 Å². The molecule has 0 spiro atoms. The molecule has 3 N–H and O–H groups in total. The van der Waals surface area contributed by atoms with E-state index in [2.05, 4.69) is 15.4 Å². The highest BCUT2D eigenvalue weighted by Crippen LogP contribution is 2.28. The summed E-state index contributed by atoms with van der Waals surface area (Å²) >= 11 is 0. The number of hydrogen-bond acceptors (Lipinski definition) is 7. The summed E-state index contributed by atoms with van der Waals surface area (Å²) in [6.07, 6.45) is 0. The van der Waals surface area contributed by atoms with Gasteiger partial charge in [-0.2, -0.15) is 0 Å². The number of para-hydroxylation sites is 1. The molecule has 4 rings (SSSR count). The van der Waals surface area contributed by atoms with Gasteiger partial charge in [-0.25, -0.2) is 20.0 Å². The molecule has 9 nitrogen and oxygen atoms in total. The minimum absolute atomic E-state index is 0.0605. The lowest BCUT2D eigenvalue weighted by molar-refractivity contribution is 0.0997. The Balaban J connectivity index is 1.97. The Kier molecular flexibility index (Phi) is 5.50. The average Bonchev–Trinajstić information content (AvgIpc) is 3.11. The zero-order valence-electron chi connectivity index (χ0n) is 17.5. The van der Waals surface area contributed by atoms with Gasteiger partial charge in [0.05, 0.1) is 12.3 Å². The second-order valence-corrected chi connectivity index (χ2v) is 7.00. The fraction of sp³-hybridized carbons (Fsp3) is 0.182. The molecule has 0 saturated carbocycles. The van der Waals surface area contributed by atoms with Crippen LogP contribution in [0.25, 0.3) is 28.2 Å². The summed E-state index contributed by atoms with van der Waals surface area (Å²) in [5.74, 6) is 0.938. The molecule has 31 heavy (non-hydrogen) atoms. The number of imidazole rings is 1. The van der Waals surface area contributed by atoms with Gasteiger partial charge in [-0.05, 0) is 43.3 Å². The van der Waals surface area contributed by atoms with Crippen molar-refractivity contribution in [3.8, 4) is 22.8 Å². The predicted octanol–water partition coefficient (Wildman–Crippen LogP) is 2.87. The highest BCUT2D eigenvalue weighted by Gasteiger charge is 2.22. The smallest absolute Gasteiger partial charge is 0.269 e. The van der Waals surface area contributed by atoms with E-state index in [9.17, 15) is 4.79 Å². The average molecular weight is 417 g/mol. The van der Waals surface area contributed by atoms with Gasteiger partial charge < -0.3 is 10.5 Å². The van der Waals surface area contributed by atoms with Crippen molar-refractivity contribution >= 4 is 23.0 Å². The largest absolute Gasteiger partial charge is 0.494 e. The normalized spacial score (nSPS) is 11.1. The number of carbonyl (C=O) groups excluding carboxylic acids is 1. The number of fused-ring (bicyclic) bond motifs is 1. The molecule has 0 radical (unpaired) electrons. The van der Waals surface area contributed by atoms with Gasteiger partial charge >= 0.3 is 0 Å². The Labute approximate surface area is 179 Å². The number of amides is 1. The number of nitrogens with zero attached hydrogens (tertiary/aromatic N) is 5. The first kappa shape index (κ1) is 20.3. The summed E-state index contributed by atoms with van der Waals surface area (Å²) in [4.78, 5) is 26.0. The minimum Gasteiger partial charge on any atom is -0.494 e. The second kappa shape index (κ2) is 8.41. The molecule has 0 bridgehead atoms. The molecule has 0 aliphatic heterocycles. The molecule has 0 unspecified atom stereocenters. The number of aromatic nitrogens is 4. The summed E-state index contributed by atoms with van der Waals surface area (Å²) in [7, 11) is 3.70. The van der Waals surface area contributed by atoms with Crippen molar-refractivity contribution in [2.45, 2.75) is 6.92 Å². The monoisotopic (exact) mass is 417 g/mol. The molecule has 0 saturated heterocycles. The predicted molar refractivity (Wildman–Crippen MR) is 119 cm³/mol. The van der Waals surface area contributed by atoms with Crippen molar-refractivity contribution in [2.24, 2.45) is 5.73 Å². The number of anilines is 1. The van der Waals surface area contributed by atoms with Crippen LogP contribution in [0, 0.1) is 0 Å². The fourth-order valence-corrected chi connectivity index (χ4v) is 3.22. The third kappa shape index (κ3) is 4.03. The van der Waals surface area contributed by atoms with Crippen molar-refractivity contribution < 1.29 is 9.53 Å². The quantitative estimate of drug-likeness (QED) is 0.445. The van der Waals surface area contributed by atoms with Gasteiger partial charge in [-0.15, -0.1) is 0 Å². The molecule has 2 aromatic carbocycles. The van der Waals surface area contributed by atoms with Crippen LogP contribution in [0.4, 0.5) is 5.95 Å². The first-order chi connectivity index (χ1) is 15.0. The van der Waals surface area contributed by atoms with Crippen LogP contribution in [0.3, 0.4) is 0 Å². The summed E-state index contributed by atoms with van der Waals surface area (Å²) in [5.41, 5.74) is 11.2. The van der Waals surface area contributed by atoms with Crippen molar-refractivity contribution in [3.63, 3.8) is 0 Å². The van der Waals surface area contributed by atoms with Gasteiger partial charge in [0.2, 0.25) is 5.95 Å². The third-order valence-corrected chi connectivity index (χ3v) is 4.50. The van der Waals surface area contributed by atoms with E-state index >= 15 is 0 Å². The van der Waals surface area contributed by atoms with Gasteiger partial charge in [0.15, 0.2) is 17.2 Å². The summed E-state index contributed by atoms with van der Waals surface area (Å²) in [5, 5.41) is 1.76. The first-order valence-electron chi connectivity index (χ1n) is 9.81. The van der Waals surface area contributed by atoms with Crippen LogP contribution in [-0.4, -0.2) is 51.1 Å². The van der Waals surface area contributed by atoms with Crippen molar-refractivity contribution in [1.29, 1.82) is 0 Å². The molecule has 0 aliphatic carbocycles. The van der Waals surface area contributed by atoms with E-state index in [1.807, 2.05) is 80.2 Å². The molecular weight excluding hydrogens is 394 g/mol. The topological polar surface area (TPSA) is 111 Å². The van der Waals surface area contributed by atoms with Gasteiger partial charge in [-0.1, -0.05) is 18.2 Å². The molecule has 158 valence electrons. The molecule has 0 fully saturated rings. The van der Waals surface area contributed by atoms with E-state index in [0.29, 0.717) is 29.5 Å². The van der Waals surface area contributed by atoms with E-state index in [4.69, 9.17) is 15.5 Å². The van der Waals surface area contributed by atoms with Crippen molar-refractivity contribution in [3.05, 3.63) is 60.3 Å². The zero-order chi connectivity index (χ0) is 22.0. The number of hydrazine groups is 1. The maximum atomic E-state index is 12.2. The number of carbonyl (C=O) groups is 1. The van der Waals surface area contributed by atoms with E-state index in [1.54, 1.807) is 5.01 Å². The number of benzene rings is 2. The van der Waals surface area contributed by atoms with E-state index < -0.39 is 5.91 Å². The molecule has 0 aliphatic rings. The van der Waals surface area contributed by atoms with Crippen LogP contribution in [0.15, 0.2) is 54.6 Å². The van der Waals surface area contributed by atoms with Gasteiger partial charge in [-0.3, -0.25) is 14.8 Å². The molecule has 0 atom stereocenters. The Hall–Kier alpha value is -3.98. The summed E-state index contributed by atoms with van der Waals surface area (Å²) in [6.45, 7) is 2.50. The Morgan fingerprint density at radius 1 is 1.06 bits per heavy atom. The number of nitrogens with two attached hydrogens (primary N) is 1. The van der Waals surface area contributed by atoms with Crippen LogP contribution in [0.1, 0.15) is 17.4 Å². The van der Waals surface area contributed by atoms with Crippen LogP contribution in [-0.2, 0) is 0 Å². The molecule has 9 heteroatoms. The lowest BCUT2D eigenvalue weighted by Gasteiger charge is -2.14. The molecule has 4 aromatic rings. The SMILES string of the molecule is CCOc1ccc(-c2nc(C(N)=O)c3nc(NN(C)C)n(-c4ccccc4)c3n2)cc1. The number of ether oxygens (including phenoxy) is 1. The van der Waals surface area contributed by atoms with Gasteiger partial charge in [0, 0.05) is 19.7 Å². The molecule has 1 amide bonds. The van der Waals surface area contributed by atoms with Crippen LogP contribution in [0.5, 0.6) is 5.75 Å². The Morgan fingerprint density at radius 2 is 1.77 bits per heavy atom. The molecule has 2 aromatic heterocycles. The Morgan fingerprint density at radius 3 is 2.39 bits per heavy atom. The maximum Gasteiger partial charge on any atom is 0.269 e. The number of rotatable bonds is 7. The second-order valence-electron chi connectivity index (χ2n) is 7.00. The maximum absolute atomic E-state index is 12.2. The minimum atomic E-state index is -0.672. The lowest BCUT2D eigenvalue weighted by Crippen LogP contribution is -2.22. The Bertz CT molecular complexity index is 1220. The lowest BCUT2D eigenvalue weighted by atomic mass is 10.2.